The minimum Gasteiger partial charge on any atom is -0.352 e. The topological polar surface area (TPSA) is 72.9 Å². The smallest absolute Gasteiger partial charge is 0.251 e. The molecule has 1 amide bonds. The van der Waals surface area contributed by atoms with Gasteiger partial charge in [0.15, 0.2) is 0 Å². The molecule has 0 saturated carbocycles. The van der Waals surface area contributed by atoms with Crippen LogP contribution in [-0.4, -0.2) is 22.0 Å². The summed E-state index contributed by atoms with van der Waals surface area (Å²) < 4.78 is 1.99. The average molecular weight is 295 g/mol. The van der Waals surface area contributed by atoms with E-state index in [1.54, 1.807) is 24.7 Å². The Balaban J connectivity index is 0.00000200. The Labute approximate surface area is 124 Å². The molecule has 0 fully saturated rings. The zero-order valence-electron chi connectivity index (χ0n) is 11.2. The summed E-state index contributed by atoms with van der Waals surface area (Å²) in [7, 11) is 0. The maximum atomic E-state index is 11.8. The van der Waals surface area contributed by atoms with Gasteiger partial charge in [0.1, 0.15) is 0 Å². The normalized spacial score (nSPS) is 9.85. The highest BCUT2D eigenvalue weighted by Crippen LogP contribution is 2.03. The fraction of sp³-hybridized carbons (Fsp3) is 0.286. The van der Waals surface area contributed by atoms with Crippen LogP contribution in [0.5, 0.6) is 0 Å². The van der Waals surface area contributed by atoms with Gasteiger partial charge in [-0.15, -0.1) is 12.4 Å². The summed E-state index contributed by atoms with van der Waals surface area (Å²) >= 11 is 0. The molecule has 0 bridgehead atoms. The van der Waals surface area contributed by atoms with Crippen molar-refractivity contribution >= 4 is 18.3 Å². The maximum Gasteiger partial charge on any atom is 0.251 e. The predicted molar refractivity (Wildman–Crippen MR) is 80.8 cm³/mol. The number of nitrogens with one attached hydrogen (secondary N) is 1. The highest BCUT2D eigenvalue weighted by Gasteiger charge is 2.04. The Morgan fingerprint density at radius 2 is 2.05 bits per heavy atom. The number of aryl methyl sites for hydroxylation is 1. The van der Waals surface area contributed by atoms with Crippen molar-refractivity contribution in [3.05, 3.63) is 54.1 Å². The summed E-state index contributed by atoms with van der Waals surface area (Å²) in [5, 5.41) is 2.89. The van der Waals surface area contributed by atoms with Gasteiger partial charge in [-0.05, 0) is 24.1 Å². The Morgan fingerprint density at radius 1 is 1.30 bits per heavy atom. The number of nitrogens with zero attached hydrogens (tertiary/aromatic N) is 2. The maximum absolute atomic E-state index is 11.8. The third-order valence-corrected chi connectivity index (χ3v) is 2.89. The number of rotatable bonds is 6. The van der Waals surface area contributed by atoms with Gasteiger partial charge in [0.2, 0.25) is 0 Å². The quantitative estimate of drug-likeness (QED) is 0.795. The summed E-state index contributed by atoms with van der Waals surface area (Å²) in [6.07, 6.45) is 6.31. The van der Waals surface area contributed by atoms with Crippen molar-refractivity contribution in [3.63, 3.8) is 0 Å². The van der Waals surface area contributed by atoms with E-state index in [1.807, 2.05) is 22.9 Å². The van der Waals surface area contributed by atoms with Crippen LogP contribution in [0, 0.1) is 0 Å². The molecule has 1 aromatic carbocycles. The zero-order valence-corrected chi connectivity index (χ0v) is 12.0. The Morgan fingerprint density at radius 3 is 2.65 bits per heavy atom. The number of carbonyl (C=O) groups is 1. The molecule has 0 radical (unpaired) electrons. The minimum absolute atomic E-state index is 0. The molecule has 108 valence electrons. The Bertz CT molecular complexity index is 510. The molecule has 0 atom stereocenters. The summed E-state index contributed by atoms with van der Waals surface area (Å²) in [5.74, 6) is -0.0470. The molecule has 20 heavy (non-hydrogen) atoms. The van der Waals surface area contributed by atoms with Crippen LogP contribution in [0.15, 0.2) is 43.0 Å². The van der Waals surface area contributed by atoms with Gasteiger partial charge >= 0.3 is 0 Å². The van der Waals surface area contributed by atoms with Crippen LogP contribution >= 0.6 is 12.4 Å². The van der Waals surface area contributed by atoms with E-state index < -0.39 is 0 Å². The van der Waals surface area contributed by atoms with Gasteiger partial charge in [-0.3, -0.25) is 4.79 Å². The van der Waals surface area contributed by atoms with E-state index in [9.17, 15) is 4.79 Å². The summed E-state index contributed by atoms with van der Waals surface area (Å²) in [6.45, 7) is 1.99. The first-order valence-corrected chi connectivity index (χ1v) is 6.32. The van der Waals surface area contributed by atoms with Gasteiger partial charge in [-0.2, -0.15) is 0 Å². The third kappa shape index (κ3) is 4.68. The molecule has 5 nitrogen and oxygen atoms in total. The van der Waals surface area contributed by atoms with E-state index in [-0.39, 0.29) is 18.3 Å². The molecule has 2 aromatic rings. The van der Waals surface area contributed by atoms with E-state index in [0.717, 1.165) is 18.5 Å². The molecule has 0 aliphatic carbocycles. The highest BCUT2D eigenvalue weighted by atomic mass is 35.5. The summed E-state index contributed by atoms with van der Waals surface area (Å²) in [5.41, 5.74) is 7.20. The van der Waals surface area contributed by atoms with Gasteiger partial charge in [-0.1, -0.05) is 12.1 Å². The molecule has 3 N–H and O–H groups in total. The molecule has 2 rings (SSSR count). The number of aromatic nitrogens is 2. The van der Waals surface area contributed by atoms with Crippen molar-refractivity contribution < 1.29 is 4.79 Å². The van der Waals surface area contributed by atoms with E-state index in [0.29, 0.717) is 18.7 Å². The third-order valence-electron chi connectivity index (χ3n) is 2.89. The predicted octanol–water partition coefficient (Wildman–Crippen LogP) is 1.58. The molecule has 0 aliphatic heterocycles. The fourth-order valence-corrected chi connectivity index (χ4v) is 1.78. The van der Waals surface area contributed by atoms with Gasteiger partial charge in [0.05, 0.1) is 6.33 Å². The lowest BCUT2D eigenvalue weighted by Gasteiger charge is -2.06. The van der Waals surface area contributed by atoms with Gasteiger partial charge in [0.25, 0.3) is 5.91 Å². The number of amides is 1. The summed E-state index contributed by atoms with van der Waals surface area (Å²) in [4.78, 5) is 15.8. The number of imidazole rings is 1. The van der Waals surface area contributed by atoms with Gasteiger partial charge < -0.3 is 15.6 Å². The Hall–Kier alpha value is -1.85. The Kier molecular flexibility index (Phi) is 6.76. The number of nitrogens with two attached hydrogens (primary N) is 1. The second-order valence-corrected chi connectivity index (χ2v) is 4.31. The second-order valence-electron chi connectivity index (χ2n) is 4.31. The van der Waals surface area contributed by atoms with Crippen LogP contribution in [0.25, 0.3) is 0 Å². The first kappa shape index (κ1) is 16.2. The average Bonchev–Trinajstić information content (AvgIpc) is 2.96. The molecule has 0 aliphatic rings. The second kappa shape index (κ2) is 8.35. The number of hydrogen-bond donors (Lipinski definition) is 2. The zero-order chi connectivity index (χ0) is 13.5. The van der Waals surface area contributed by atoms with Gasteiger partial charge in [-0.25, -0.2) is 4.98 Å². The lowest BCUT2D eigenvalue weighted by atomic mass is 10.1. The van der Waals surface area contributed by atoms with E-state index in [2.05, 4.69) is 10.3 Å². The van der Waals surface area contributed by atoms with Crippen LogP contribution in [-0.2, 0) is 13.1 Å². The SMILES string of the molecule is Cl.NCc1ccc(C(=O)NCCCn2ccnc2)cc1. The largest absolute Gasteiger partial charge is 0.352 e. The first-order valence-electron chi connectivity index (χ1n) is 6.32. The van der Waals surface area contributed by atoms with Crippen molar-refractivity contribution in [2.75, 3.05) is 6.54 Å². The molecule has 6 heteroatoms. The monoisotopic (exact) mass is 294 g/mol. The van der Waals surface area contributed by atoms with Gasteiger partial charge in [0, 0.05) is 37.6 Å². The van der Waals surface area contributed by atoms with Crippen molar-refractivity contribution in [2.24, 2.45) is 5.73 Å². The van der Waals surface area contributed by atoms with E-state index in [4.69, 9.17) is 5.73 Å². The number of benzene rings is 1. The molecule has 0 saturated heterocycles. The lowest BCUT2D eigenvalue weighted by molar-refractivity contribution is 0.0952. The van der Waals surface area contributed by atoms with E-state index in [1.165, 1.54) is 0 Å². The van der Waals surface area contributed by atoms with Crippen LogP contribution in [0.1, 0.15) is 22.3 Å². The molecular formula is C14H19ClN4O. The number of carbonyl (C=O) groups excluding carboxylic acids is 1. The molecule has 0 spiro atoms. The number of hydrogen-bond acceptors (Lipinski definition) is 3. The number of halogens is 1. The van der Waals surface area contributed by atoms with Crippen molar-refractivity contribution in [3.8, 4) is 0 Å². The van der Waals surface area contributed by atoms with Crippen LogP contribution in [0.2, 0.25) is 0 Å². The standard InChI is InChI=1S/C14H18N4O.ClH/c15-10-12-2-4-13(5-3-12)14(19)17-6-1-8-18-9-7-16-11-18;/h2-5,7,9,11H,1,6,8,10,15H2,(H,17,19);1H. The van der Waals surface area contributed by atoms with Crippen molar-refractivity contribution in [2.45, 2.75) is 19.5 Å². The van der Waals surface area contributed by atoms with Crippen LogP contribution < -0.4 is 11.1 Å². The molecule has 1 heterocycles. The van der Waals surface area contributed by atoms with Crippen molar-refractivity contribution in [1.82, 2.24) is 14.9 Å². The van der Waals surface area contributed by atoms with E-state index >= 15 is 0 Å². The molecule has 1 aromatic heterocycles. The molecular weight excluding hydrogens is 276 g/mol. The lowest BCUT2D eigenvalue weighted by Crippen LogP contribution is -2.25. The minimum atomic E-state index is -0.0470. The van der Waals surface area contributed by atoms with Crippen molar-refractivity contribution in [1.29, 1.82) is 0 Å². The first-order chi connectivity index (χ1) is 9.29. The highest BCUT2D eigenvalue weighted by molar-refractivity contribution is 5.94. The summed E-state index contributed by atoms with van der Waals surface area (Å²) in [6, 6.07) is 7.35. The van der Waals surface area contributed by atoms with Crippen LogP contribution in [0.3, 0.4) is 0 Å². The fourth-order valence-electron chi connectivity index (χ4n) is 1.78. The van der Waals surface area contributed by atoms with Crippen LogP contribution in [0.4, 0.5) is 0 Å². The molecule has 0 unspecified atom stereocenters.